The number of aromatic nitrogens is 2. The summed E-state index contributed by atoms with van der Waals surface area (Å²) in [6.45, 7) is 3.77. The number of aliphatic carboxylic acids is 1. The normalized spacial score (nSPS) is 11.0. The molecule has 1 heterocycles. The minimum atomic E-state index is -0.860. The highest BCUT2D eigenvalue weighted by Gasteiger charge is 2.13. The first-order valence-corrected chi connectivity index (χ1v) is 7.61. The fourth-order valence-electron chi connectivity index (χ4n) is 1.96. The van der Waals surface area contributed by atoms with Crippen LogP contribution in [0.1, 0.15) is 6.92 Å². The Kier molecular flexibility index (Phi) is 5.46. The number of imidazole rings is 1. The van der Waals surface area contributed by atoms with E-state index in [0.717, 1.165) is 16.8 Å². The van der Waals surface area contributed by atoms with Gasteiger partial charge in [-0.25, -0.2) is 4.98 Å². The van der Waals surface area contributed by atoms with E-state index in [-0.39, 0.29) is 5.75 Å². The van der Waals surface area contributed by atoms with Crippen molar-refractivity contribution in [3.8, 4) is 5.75 Å². The van der Waals surface area contributed by atoms with Crippen LogP contribution in [-0.4, -0.2) is 46.7 Å². The number of methoxy groups -OCH3 is 1. The second-order valence-corrected chi connectivity index (χ2v) is 5.22. The van der Waals surface area contributed by atoms with Gasteiger partial charge in [-0.15, -0.1) is 0 Å². The van der Waals surface area contributed by atoms with Gasteiger partial charge in [-0.2, -0.15) is 0 Å². The maximum atomic E-state index is 10.8. The molecule has 114 valence electrons. The molecular formula is C14H18N2O4S. The Balaban J connectivity index is 2.34. The fourth-order valence-corrected chi connectivity index (χ4v) is 2.72. The van der Waals surface area contributed by atoms with Crippen LogP contribution >= 0.6 is 11.8 Å². The Hall–Kier alpha value is -1.73. The smallest absolute Gasteiger partial charge is 0.313 e. The minimum Gasteiger partial charge on any atom is -0.497 e. The monoisotopic (exact) mass is 310 g/mol. The van der Waals surface area contributed by atoms with Gasteiger partial charge in [0.1, 0.15) is 5.75 Å². The molecule has 0 aliphatic heterocycles. The molecule has 0 spiro atoms. The lowest BCUT2D eigenvalue weighted by Crippen LogP contribution is -2.08. The lowest BCUT2D eigenvalue weighted by molar-refractivity contribution is -0.133. The largest absolute Gasteiger partial charge is 0.497 e. The maximum absolute atomic E-state index is 10.8. The molecule has 0 radical (unpaired) electrons. The molecule has 0 fully saturated rings. The van der Waals surface area contributed by atoms with Gasteiger partial charge < -0.3 is 19.1 Å². The molecule has 2 rings (SSSR count). The lowest BCUT2D eigenvalue weighted by Gasteiger charge is -2.08. The highest BCUT2D eigenvalue weighted by Crippen LogP contribution is 2.27. The third-order valence-electron chi connectivity index (χ3n) is 2.91. The molecule has 1 N–H and O–H groups in total. The van der Waals surface area contributed by atoms with Gasteiger partial charge >= 0.3 is 5.97 Å². The molecule has 1 aromatic carbocycles. The summed E-state index contributed by atoms with van der Waals surface area (Å²) in [5.41, 5.74) is 1.74. The van der Waals surface area contributed by atoms with E-state index >= 15 is 0 Å². The minimum absolute atomic E-state index is 0.0188. The number of ether oxygens (including phenoxy) is 2. The summed E-state index contributed by atoms with van der Waals surface area (Å²) in [5.74, 6) is -0.134. The summed E-state index contributed by atoms with van der Waals surface area (Å²) in [7, 11) is 1.61. The molecule has 0 bridgehead atoms. The number of rotatable bonds is 8. The number of hydrogen-bond donors (Lipinski definition) is 1. The molecule has 0 atom stereocenters. The summed E-state index contributed by atoms with van der Waals surface area (Å²) in [5, 5.41) is 9.52. The topological polar surface area (TPSA) is 73.6 Å². The molecule has 7 heteroatoms. The summed E-state index contributed by atoms with van der Waals surface area (Å²) in [6.07, 6.45) is 0. The Bertz CT molecular complexity index is 627. The van der Waals surface area contributed by atoms with Crippen molar-refractivity contribution in [2.24, 2.45) is 0 Å². The molecule has 21 heavy (non-hydrogen) atoms. The molecule has 0 saturated carbocycles. The van der Waals surface area contributed by atoms with Crippen LogP contribution in [0.4, 0.5) is 0 Å². The number of hydrogen-bond acceptors (Lipinski definition) is 5. The summed E-state index contributed by atoms with van der Waals surface area (Å²) >= 11 is 1.21. The average molecular weight is 310 g/mol. The second kappa shape index (κ2) is 7.33. The van der Waals surface area contributed by atoms with Gasteiger partial charge in [0.25, 0.3) is 0 Å². The molecule has 0 amide bonds. The van der Waals surface area contributed by atoms with Crippen molar-refractivity contribution in [2.75, 3.05) is 26.1 Å². The molecule has 6 nitrogen and oxygen atoms in total. The number of thioether (sulfide) groups is 1. The van der Waals surface area contributed by atoms with E-state index < -0.39 is 5.97 Å². The number of carboxylic acids is 1. The van der Waals surface area contributed by atoms with Gasteiger partial charge in [-0.05, 0) is 19.1 Å². The Morgan fingerprint density at radius 3 is 2.95 bits per heavy atom. The zero-order chi connectivity index (χ0) is 15.2. The second-order valence-electron chi connectivity index (χ2n) is 4.28. The predicted octanol–water partition coefficient (Wildman–Crippen LogP) is 2.26. The van der Waals surface area contributed by atoms with E-state index in [1.54, 1.807) is 7.11 Å². The average Bonchev–Trinajstić information content (AvgIpc) is 2.82. The van der Waals surface area contributed by atoms with Crippen molar-refractivity contribution in [3.63, 3.8) is 0 Å². The Morgan fingerprint density at radius 2 is 2.29 bits per heavy atom. The molecule has 0 aliphatic rings. The molecule has 1 aromatic heterocycles. The van der Waals surface area contributed by atoms with Crippen LogP contribution in [0, 0.1) is 0 Å². The zero-order valence-corrected chi connectivity index (χ0v) is 12.9. The highest BCUT2D eigenvalue weighted by molar-refractivity contribution is 7.99. The van der Waals surface area contributed by atoms with Crippen LogP contribution in [0.15, 0.2) is 23.4 Å². The maximum Gasteiger partial charge on any atom is 0.313 e. The first-order chi connectivity index (χ1) is 10.2. The van der Waals surface area contributed by atoms with Crippen molar-refractivity contribution in [1.29, 1.82) is 0 Å². The van der Waals surface area contributed by atoms with Crippen LogP contribution in [0.5, 0.6) is 5.75 Å². The van der Waals surface area contributed by atoms with Gasteiger partial charge in [-0.3, -0.25) is 4.79 Å². The third-order valence-corrected chi connectivity index (χ3v) is 3.87. The van der Waals surface area contributed by atoms with Crippen LogP contribution < -0.4 is 4.74 Å². The van der Waals surface area contributed by atoms with Crippen LogP contribution in [0.25, 0.3) is 11.0 Å². The number of nitrogens with zero attached hydrogens (tertiary/aromatic N) is 2. The first-order valence-electron chi connectivity index (χ1n) is 6.62. The number of fused-ring (bicyclic) bond motifs is 1. The molecule has 0 saturated heterocycles. The van der Waals surface area contributed by atoms with E-state index in [4.69, 9.17) is 14.6 Å². The molecular weight excluding hydrogens is 292 g/mol. The van der Waals surface area contributed by atoms with Crippen molar-refractivity contribution in [3.05, 3.63) is 18.2 Å². The van der Waals surface area contributed by atoms with Gasteiger partial charge in [0.2, 0.25) is 0 Å². The van der Waals surface area contributed by atoms with Crippen molar-refractivity contribution < 1.29 is 19.4 Å². The van der Waals surface area contributed by atoms with Gasteiger partial charge in [-0.1, -0.05) is 11.8 Å². The van der Waals surface area contributed by atoms with Gasteiger partial charge in [0.15, 0.2) is 5.16 Å². The third kappa shape index (κ3) is 3.89. The number of carboxylic acid groups (broad SMARTS) is 1. The Morgan fingerprint density at radius 1 is 1.48 bits per heavy atom. The quantitative estimate of drug-likeness (QED) is 0.595. The van der Waals surface area contributed by atoms with Gasteiger partial charge in [0.05, 0.1) is 30.5 Å². The molecule has 0 aliphatic carbocycles. The highest BCUT2D eigenvalue weighted by atomic mass is 32.2. The first kappa shape index (κ1) is 15.7. The standard InChI is InChI=1S/C14H18N2O4S/c1-3-20-7-6-16-12-8-10(19-2)4-5-11(12)15-14(16)21-9-13(17)18/h4-5,8H,3,6-7,9H2,1-2H3,(H,17,18). The molecule has 0 unspecified atom stereocenters. The van der Waals surface area contributed by atoms with E-state index in [2.05, 4.69) is 4.98 Å². The van der Waals surface area contributed by atoms with E-state index in [0.29, 0.717) is 24.9 Å². The van der Waals surface area contributed by atoms with Crippen molar-refractivity contribution in [1.82, 2.24) is 9.55 Å². The Labute approximate surface area is 127 Å². The van der Waals surface area contributed by atoms with E-state index in [1.165, 1.54) is 11.8 Å². The van der Waals surface area contributed by atoms with Crippen LogP contribution in [0.3, 0.4) is 0 Å². The van der Waals surface area contributed by atoms with Crippen LogP contribution in [-0.2, 0) is 16.1 Å². The van der Waals surface area contributed by atoms with E-state index in [9.17, 15) is 4.79 Å². The zero-order valence-electron chi connectivity index (χ0n) is 12.0. The predicted molar refractivity (Wildman–Crippen MR) is 81.1 cm³/mol. The SMILES string of the molecule is CCOCCn1c(SCC(=O)O)nc2ccc(OC)cc21. The van der Waals surface area contributed by atoms with E-state index in [1.807, 2.05) is 29.7 Å². The molecule has 2 aromatic rings. The summed E-state index contributed by atoms with van der Waals surface area (Å²) in [6, 6.07) is 5.61. The van der Waals surface area contributed by atoms with Gasteiger partial charge in [0, 0.05) is 19.2 Å². The number of benzene rings is 1. The summed E-state index contributed by atoms with van der Waals surface area (Å²) in [4.78, 5) is 15.2. The van der Waals surface area contributed by atoms with Crippen molar-refractivity contribution in [2.45, 2.75) is 18.6 Å². The fraction of sp³-hybridized carbons (Fsp3) is 0.429. The van der Waals surface area contributed by atoms with Crippen LogP contribution in [0.2, 0.25) is 0 Å². The lowest BCUT2D eigenvalue weighted by atomic mass is 10.3. The summed E-state index contributed by atoms with van der Waals surface area (Å²) < 4.78 is 12.6. The number of carbonyl (C=O) groups is 1. The van der Waals surface area contributed by atoms with Crippen molar-refractivity contribution >= 4 is 28.8 Å².